The van der Waals surface area contributed by atoms with Gasteiger partial charge in [0.1, 0.15) is 17.6 Å². The molecule has 1 heterocycles. The highest BCUT2D eigenvalue weighted by molar-refractivity contribution is 6.32. The van der Waals surface area contributed by atoms with Crippen molar-refractivity contribution in [3.05, 3.63) is 64.4 Å². The molecule has 4 rings (SSSR count). The van der Waals surface area contributed by atoms with Crippen LogP contribution in [0.2, 0.25) is 10.0 Å². The molecule has 3 aromatic carbocycles. The minimum absolute atomic E-state index is 0.0248. The Labute approximate surface area is 206 Å². The number of ketones is 1. The van der Waals surface area contributed by atoms with Gasteiger partial charge in [-0.3, -0.25) is 4.79 Å². The lowest BCUT2D eigenvalue weighted by molar-refractivity contribution is -0.132. The number of hydrogen-bond donors (Lipinski definition) is 0. The van der Waals surface area contributed by atoms with Crippen LogP contribution in [0.5, 0.6) is 17.2 Å². The summed E-state index contributed by atoms with van der Waals surface area (Å²) in [5, 5.41) is 12.2. The third kappa shape index (κ3) is 5.12. The average Bonchev–Trinajstić information content (AvgIpc) is 3.33. The van der Waals surface area contributed by atoms with Crippen molar-refractivity contribution in [2.75, 3.05) is 6.61 Å². The maximum absolute atomic E-state index is 14.7. The maximum Gasteiger partial charge on any atom is 0.254 e. The van der Waals surface area contributed by atoms with E-state index in [2.05, 4.69) is 0 Å². The highest BCUT2D eigenvalue weighted by Gasteiger charge is 2.43. The molecule has 8 heteroatoms. The van der Waals surface area contributed by atoms with Gasteiger partial charge in [-0.05, 0) is 47.9 Å². The van der Waals surface area contributed by atoms with Crippen LogP contribution in [0.1, 0.15) is 32.6 Å². The Morgan fingerprint density at radius 3 is 2.68 bits per heavy atom. The molecule has 0 saturated carbocycles. The van der Waals surface area contributed by atoms with Crippen LogP contribution in [-0.4, -0.2) is 24.1 Å². The summed E-state index contributed by atoms with van der Waals surface area (Å²) in [7, 11) is 0. The number of fused-ring (bicyclic) bond motifs is 1. The Bertz CT molecular complexity index is 1270. The molecular formula is C26H22Cl2FNO4. The lowest BCUT2D eigenvalue weighted by Gasteiger charge is -2.29. The quantitative estimate of drug-likeness (QED) is 0.324. The van der Waals surface area contributed by atoms with E-state index in [0.29, 0.717) is 17.4 Å². The monoisotopic (exact) mass is 501 g/mol. The Morgan fingerprint density at radius 1 is 1.18 bits per heavy atom. The van der Waals surface area contributed by atoms with E-state index in [0.717, 1.165) is 29.7 Å². The van der Waals surface area contributed by atoms with Crippen molar-refractivity contribution in [3.63, 3.8) is 0 Å². The molecule has 0 bridgehead atoms. The van der Waals surface area contributed by atoms with Crippen molar-refractivity contribution < 1.29 is 23.4 Å². The molecule has 0 N–H and O–H groups in total. The third-order valence-corrected chi connectivity index (χ3v) is 6.29. The van der Waals surface area contributed by atoms with Crippen molar-refractivity contribution in [2.45, 2.75) is 44.3 Å². The van der Waals surface area contributed by atoms with Gasteiger partial charge in [0.2, 0.25) is 0 Å². The zero-order valence-electron chi connectivity index (χ0n) is 18.4. The largest absolute Gasteiger partial charge is 0.463 e. The molecule has 0 aromatic heterocycles. The van der Waals surface area contributed by atoms with Crippen LogP contribution in [0.4, 0.5) is 4.39 Å². The molecule has 1 aliphatic heterocycles. The normalized spacial score (nSPS) is 17.2. The summed E-state index contributed by atoms with van der Waals surface area (Å²) in [6, 6.07) is 15.0. The minimum Gasteiger partial charge on any atom is -0.463 e. The maximum atomic E-state index is 14.7. The summed E-state index contributed by atoms with van der Waals surface area (Å²) in [5.41, 5.74) is -1.80. The minimum atomic E-state index is -1.80. The standard InChI is InChI=1S/C26H22Cl2FNO4/c1-2-25(31)26(15-30,14-20-4-3-9-32-20)34-23-13-24(22(29)12-21(23)28)33-19-8-6-16-5-7-18(27)10-17(16)11-19/h5-8,10-13,20H,2-4,9,14H2,1H3. The van der Waals surface area contributed by atoms with E-state index in [-0.39, 0.29) is 35.5 Å². The molecule has 5 nitrogen and oxygen atoms in total. The van der Waals surface area contributed by atoms with Crippen LogP contribution in [-0.2, 0) is 9.53 Å². The molecule has 0 spiro atoms. The molecule has 3 aromatic rings. The highest BCUT2D eigenvalue weighted by Crippen LogP contribution is 2.38. The number of rotatable bonds is 8. The van der Waals surface area contributed by atoms with Gasteiger partial charge in [0, 0.05) is 36.6 Å². The third-order valence-electron chi connectivity index (χ3n) is 5.76. The SMILES string of the molecule is CCC(=O)C(C#N)(CC1CCCO1)Oc1cc(Oc2ccc3ccc(Cl)cc3c2)c(F)cc1Cl. The first-order valence-electron chi connectivity index (χ1n) is 10.9. The summed E-state index contributed by atoms with van der Waals surface area (Å²) >= 11 is 12.3. The molecule has 34 heavy (non-hydrogen) atoms. The van der Waals surface area contributed by atoms with E-state index in [4.69, 9.17) is 37.4 Å². The van der Waals surface area contributed by atoms with Crippen LogP contribution in [0.15, 0.2) is 48.5 Å². The van der Waals surface area contributed by atoms with Gasteiger partial charge in [-0.25, -0.2) is 4.39 Å². The topological polar surface area (TPSA) is 68.6 Å². The molecule has 0 radical (unpaired) electrons. The molecule has 176 valence electrons. The van der Waals surface area contributed by atoms with Gasteiger partial charge >= 0.3 is 0 Å². The zero-order valence-corrected chi connectivity index (χ0v) is 20.0. The molecule has 2 unspecified atom stereocenters. The molecular weight excluding hydrogens is 480 g/mol. The van der Waals surface area contributed by atoms with Crippen molar-refractivity contribution >= 4 is 39.8 Å². The van der Waals surface area contributed by atoms with Gasteiger partial charge in [-0.2, -0.15) is 5.26 Å². The Balaban J connectivity index is 1.66. The van der Waals surface area contributed by atoms with E-state index in [1.165, 1.54) is 6.07 Å². The summed E-state index contributed by atoms with van der Waals surface area (Å²) < 4.78 is 32.1. The molecule has 1 aliphatic rings. The van der Waals surface area contributed by atoms with Gasteiger partial charge in [0.05, 0.1) is 11.1 Å². The van der Waals surface area contributed by atoms with Crippen LogP contribution in [0.25, 0.3) is 10.8 Å². The first-order valence-corrected chi connectivity index (χ1v) is 11.7. The fourth-order valence-electron chi connectivity index (χ4n) is 4.00. The van der Waals surface area contributed by atoms with Crippen molar-refractivity contribution in [1.82, 2.24) is 0 Å². The molecule has 1 saturated heterocycles. The number of nitrogens with zero attached hydrogens (tertiary/aromatic N) is 1. The predicted octanol–water partition coefficient (Wildman–Crippen LogP) is 7.27. The first kappa shape index (κ1) is 24.3. The highest BCUT2D eigenvalue weighted by atomic mass is 35.5. The number of Topliss-reactive ketones (excluding diaryl/α,β-unsaturated/α-hetero) is 1. The van der Waals surface area contributed by atoms with Crippen LogP contribution in [0, 0.1) is 17.1 Å². The smallest absolute Gasteiger partial charge is 0.254 e. The summed E-state index contributed by atoms with van der Waals surface area (Å²) in [6.07, 6.45) is 1.43. The fraction of sp³-hybridized carbons (Fsp3) is 0.308. The summed E-state index contributed by atoms with van der Waals surface area (Å²) in [6.45, 7) is 2.22. The molecule has 0 amide bonds. The van der Waals surface area contributed by atoms with Gasteiger partial charge in [-0.15, -0.1) is 0 Å². The number of hydrogen-bond acceptors (Lipinski definition) is 5. The second-order valence-electron chi connectivity index (χ2n) is 8.13. The van der Waals surface area contributed by atoms with Crippen molar-refractivity contribution in [1.29, 1.82) is 5.26 Å². The second-order valence-corrected chi connectivity index (χ2v) is 8.97. The lowest BCUT2D eigenvalue weighted by atomic mass is 9.90. The van der Waals surface area contributed by atoms with Crippen LogP contribution in [0.3, 0.4) is 0 Å². The zero-order chi connectivity index (χ0) is 24.3. The lowest BCUT2D eigenvalue weighted by Crippen LogP contribution is -2.45. The van der Waals surface area contributed by atoms with E-state index in [9.17, 15) is 14.4 Å². The number of carbonyl (C=O) groups is 1. The molecule has 1 fully saturated rings. The van der Waals surface area contributed by atoms with E-state index < -0.39 is 17.2 Å². The number of halogens is 3. The number of carbonyl (C=O) groups excluding carboxylic acids is 1. The van der Waals surface area contributed by atoms with E-state index >= 15 is 0 Å². The fourth-order valence-corrected chi connectivity index (χ4v) is 4.36. The van der Waals surface area contributed by atoms with Gasteiger partial charge < -0.3 is 14.2 Å². The van der Waals surface area contributed by atoms with Crippen molar-refractivity contribution in [3.8, 4) is 23.3 Å². The first-order chi connectivity index (χ1) is 16.3. The molecule has 0 aliphatic carbocycles. The summed E-state index contributed by atoms with van der Waals surface area (Å²) in [4.78, 5) is 12.8. The van der Waals surface area contributed by atoms with E-state index in [1.807, 2.05) is 18.2 Å². The Morgan fingerprint density at radius 2 is 1.97 bits per heavy atom. The second kappa shape index (κ2) is 10.2. The average molecular weight is 502 g/mol. The van der Waals surface area contributed by atoms with E-state index in [1.54, 1.807) is 31.2 Å². The van der Waals surface area contributed by atoms with Gasteiger partial charge in [-0.1, -0.05) is 42.3 Å². The number of nitriles is 1. The Kier molecular flexibility index (Phi) is 7.27. The predicted molar refractivity (Wildman–Crippen MR) is 128 cm³/mol. The van der Waals surface area contributed by atoms with Gasteiger partial charge in [0.15, 0.2) is 17.3 Å². The number of benzene rings is 3. The van der Waals surface area contributed by atoms with Crippen LogP contribution < -0.4 is 9.47 Å². The Hall–Kier alpha value is -2.85. The van der Waals surface area contributed by atoms with Crippen LogP contribution >= 0.6 is 23.2 Å². The molecule has 2 atom stereocenters. The number of ether oxygens (including phenoxy) is 3. The van der Waals surface area contributed by atoms with Crippen molar-refractivity contribution in [2.24, 2.45) is 0 Å². The van der Waals surface area contributed by atoms with Gasteiger partial charge in [0.25, 0.3) is 5.60 Å². The summed E-state index contributed by atoms with van der Waals surface area (Å²) in [5.74, 6) is -0.929.